The Morgan fingerprint density at radius 2 is 2.10 bits per heavy atom. The quantitative estimate of drug-likeness (QED) is 0.478. The average Bonchev–Trinajstić information content (AvgIpc) is 1.87. The van der Waals surface area contributed by atoms with Crippen LogP contribution >= 0.6 is 0 Å². The molecule has 0 fully saturated rings. The van der Waals surface area contributed by atoms with Crippen LogP contribution in [0.15, 0.2) is 24.7 Å². The molecule has 0 aromatic rings. The summed E-state index contributed by atoms with van der Waals surface area (Å²) in [7, 11) is 0. The van der Waals surface area contributed by atoms with Crippen LogP contribution in [0.2, 0.25) is 0 Å². The zero-order valence-corrected chi connectivity index (χ0v) is 5.89. The molecular formula is C7H10O3. The van der Waals surface area contributed by atoms with Crippen LogP contribution in [0.4, 0.5) is 0 Å². The molecule has 10 heavy (non-hydrogen) atoms. The summed E-state index contributed by atoms with van der Waals surface area (Å²) in [6, 6.07) is 0. The van der Waals surface area contributed by atoms with Gasteiger partial charge in [-0.05, 0) is 6.58 Å². The van der Waals surface area contributed by atoms with Gasteiger partial charge in [0.25, 0.3) is 0 Å². The highest BCUT2D eigenvalue weighted by Gasteiger charge is 2.04. The molecule has 0 aliphatic heterocycles. The zero-order valence-electron chi connectivity index (χ0n) is 5.89. The smallest absolute Gasteiger partial charge is 0.371 e. The number of carboxylic acids is 1. The van der Waals surface area contributed by atoms with Crippen LogP contribution in [0.1, 0.15) is 13.3 Å². The Kier molecular flexibility index (Phi) is 3.25. The first-order valence-corrected chi connectivity index (χ1v) is 2.85. The Morgan fingerprint density at radius 3 is 2.40 bits per heavy atom. The summed E-state index contributed by atoms with van der Waals surface area (Å²) in [4.78, 5) is 10.1. The monoisotopic (exact) mass is 142 g/mol. The highest BCUT2D eigenvalue weighted by Crippen LogP contribution is 2.04. The van der Waals surface area contributed by atoms with Gasteiger partial charge in [-0.1, -0.05) is 13.5 Å². The minimum atomic E-state index is -1.16. The standard InChI is InChI=1S/C7H10O3/c1-4-5(2)10-6(3)7(8)9/h2-4H2,1H3,(H,8,9). The largest absolute Gasteiger partial charge is 0.475 e. The molecule has 0 unspecified atom stereocenters. The van der Waals surface area contributed by atoms with Crippen LogP contribution in [-0.4, -0.2) is 11.1 Å². The van der Waals surface area contributed by atoms with E-state index >= 15 is 0 Å². The Hall–Kier alpha value is -1.25. The molecule has 0 saturated carbocycles. The normalized spacial score (nSPS) is 8.50. The lowest BCUT2D eigenvalue weighted by molar-refractivity contribution is -0.135. The SMILES string of the molecule is C=C(CC)OC(=C)C(=O)O. The fourth-order valence-corrected chi connectivity index (χ4v) is 0.290. The molecule has 0 aromatic carbocycles. The van der Waals surface area contributed by atoms with Gasteiger partial charge in [-0.15, -0.1) is 0 Å². The van der Waals surface area contributed by atoms with Crippen LogP contribution in [0.25, 0.3) is 0 Å². The van der Waals surface area contributed by atoms with E-state index in [2.05, 4.69) is 17.9 Å². The first-order valence-electron chi connectivity index (χ1n) is 2.85. The second-order valence-electron chi connectivity index (χ2n) is 1.72. The van der Waals surface area contributed by atoms with Crippen LogP contribution in [0.5, 0.6) is 0 Å². The van der Waals surface area contributed by atoms with Crippen LogP contribution < -0.4 is 0 Å². The second-order valence-corrected chi connectivity index (χ2v) is 1.72. The van der Waals surface area contributed by atoms with Crippen LogP contribution in [0.3, 0.4) is 0 Å². The van der Waals surface area contributed by atoms with Gasteiger partial charge in [0.1, 0.15) is 0 Å². The summed E-state index contributed by atoms with van der Waals surface area (Å²) in [6.45, 7) is 8.43. The van der Waals surface area contributed by atoms with Crippen LogP contribution in [0, 0.1) is 0 Å². The van der Waals surface area contributed by atoms with Crippen molar-refractivity contribution in [1.29, 1.82) is 0 Å². The summed E-state index contributed by atoms with van der Waals surface area (Å²) >= 11 is 0. The molecule has 0 aromatic heterocycles. The number of rotatable bonds is 4. The highest BCUT2D eigenvalue weighted by atomic mass is 16.5. The van der Waals surface area contributed by atoms with Crippen molar-refractivity contribution >= 4 is 5.97 Å². The van der Waals surface area contributed by atoms with Gasteiger partial charge in [0, 0.05) is 6.42 Å². The molecule has 0 spiro atoms. The number of hydrogen-bond acceptors (Lipinski definition) is 2. The van der Waals surface area contributed by atoms with Crippen molar-refractivity contribution in [3.05, 3.63) is 24.7 Å². The molecule has 0 rings (SSSR count). The van der Waals surface area contributed by atoms with Crippen molar-refractivity contribution in [2.45, 2.75) is 13.3 Å². The van der Waals surface area contributed by atoms with Crippen molar-refractivity contribution in [2.75, 3.05) is 0 Å². The molecule has 0 radical (unpaired) electrons. The Morgan fingerprint density at radius 1 is 1.60 bits per heavy atom. The predicted molar refractivity (Wildman–Crippen MR) is 37.3 cm³/mol. The summed E-state index contributed by atoms with van der Waals surface area (Å²) in [5, 5.41) is 8.26. The number of hydrogen-bond donors (Lipinski definition) is 1. The molecule has 0 saturated heterocycles. The van der Waals surface area contributed by atoms with Gasteiger partial charge in [0.15, 0.2) is 0 Å². The molecule has 56 valence electrons. The molecule has 0 atom stereocenters. The van der Waals surface area contributed by atoms with Gasteiger partial charge in [-0.3, -0.25) is 0 Å². The summed E-state index contributed by atoms with van der Waals surface area (Å²) in [6.07, 6.45) is 0.590. The van der Waals surface area contributed by atoms with Crippen molar-refractivity contribution in [1.82, 2.24) is 0 Å². The van der Waals surface area contributed by atoms with E-state index in [0.29, 0.717) is 12.2 Å². The molecule has 0 heterocycles. The molecule has 0 bridgehead atoms. The van der Waals surface area contributed by atoms with Gasteiger partial charge < -0.3 is 9.84 Å². The van der Waals surface area contributed by atoms with E-state index in [1.807, 2.05) is 6.92 Å². The molecule has 3 heteroatoms. The lowest BCUT2D eigenvalue weighted by Crippen LogP contribution is -2.02. The average molecular weight is 142 g/mol. The fourth-order valence-electron chi connectivity index (χ4n) is 0.290. The number of ether oxygens (including phenoxy) is 1. The highest BCUT2D eigenvalue weighted by molar-refractivity contribution is 5.83. The summed E-state index contributed by atoms with van der Waals surface area (Å²) in [5.74, 6) is -1.03. The summed E-state index contributed by atoms with van der Waals surface area (Å²) < 4.78 is 4.67. The van der Waals surface area contributed by atoms with E-state index in [0.717, 1.165) is 0 Å². The van der Waals surface area contributed by atoms with E-state index in [9.17, 15) is 4.79 Å². The van der Waals surface area contributed by atoms with Crippen molar-refractivity contribution in [3.8, 4) is 0 Å². The van der Waals surface area contributed by atoms with Gasteiger partial charge in [-0.25, -0.2) is 4.79 Å². The number of carbonyl (C=O) groups is 1. The number of carboxylic acid groups (broad SMARTS) is 1. The molecule has 0 aliphatic carbocycles. The minimum Gasteiger partial charge on any atom is -0.475 e. The third-order valence-electron chi connectivity index (χ3n) is 0.900. The first kappa shape index (κ1) is 8.75. The Bertz CT molecular complexity index is 170. The van der Waals surface area contributed by atoms with E-state index in [-0.39, 0.29) is 5.76 Å². The van der Waals surface area contributed by atoms with Gasteiger partial charge >= 0.3 is 5.97 Å². The van der Waals surface area contributed by atoms with E-state index in [1.165, 1.54) is 0 Å². The zero-order chi connectivity index (χ0) is 8.15. The maximum atomic E-state index is 10.1. The Balaban J connectivity index is 3.80. The molecule has 0 amide bonds. The van der Waals surface area contributed by atoms with Crippen molar-refractivity contribution < 1.29 is 14.6 Å². The van der Waals surface area contributed by atoms with E-state index in [4.69, 9.17) is 5.11 Å². The number of allylic oxidation sites excluding steroid dienone is 1. The van der Waals surface area contributed by atoms with Gasteiger partial charge in [-0.2, -0.15) is 0 Å². The van der Waals surface area contributed by atoms with Gasteiger partial charge in [0.05, 0.1) is 5.76 Å². The van der Waals surface area contributed by atoms with E-state index < -0.39 is 5.97 Å². The Labute approximate surface area is 59.6 Å². The second kappa shape index (κ2) is 3.71. The maximum absolute atomic E-state index is 10.1. The topological polar surface area (TPSA) is 46.5 Å². The lowest BCUT2D eigenvalue weighted by Gasteiger charge is -2.03. The third kappa shape index (κ3) is 2.91. The van der Waals surface area contributed by atoms with Crippen molar-refractivity contribution in [3.63, 3.8) is 0 Å². The molecule has 3 nitrogen and oxygen atoms in total. The molecule has 0 aliphatic rings. The fraction of sp³-hybridized carbons (Fsp3) is 0.286. The van der Waals surface area contributed by atoms with E-state index in [1.54, 1.807) is 0 Å². The third-order valence-corrected chi connectivity index (χ3v) is 0.900. The first-order chi connectivity index (χ1) is 4.57. The molecule has 1 N–H and O–H groups in total. The van der Waals surface area contributed by atoms with Gasteiger partial charge in [0.2, 0.25) is 5.76 Å². The minimum absolute atomic E-state index is 0.285. The predicted octanol–water partition coefficient (Wildman–Crippen LogP) is 1.53. The number of aliphatic carboxylic acids is 1. The van der Waals surface area contributed by atoms with Crippen LogP contribution in [-0.2, 0) is 9.53 Å². The maximum Gasteiger partial charge on any atom is 0.371 e. The lowest BCUT2D eigenvalue weighted by atomic mass is 10.4. The molecular weight excluding hydrogens is 132 g/mol. The summed E-state index contributed by atoms with van der Waals surface area (Å²) in [5.41, 5.74) is 0. The van der Waals surface area contributed by atoms with Crippen molar-refractivity contribution in [2.24, 2.45) is 0 Å².